The van der Waals surface area contributed by atoms with Gasteiger partial charge >= 0.3 is 0 Å². The molecule has 0 aliphatic carbocycles. The van der Waals surface area contributed by atoms with Gasteiger partial charge in [0, 0.05) is 22.5 Å². The minimum absolute atomic E-state index is 0.0631. The molecule has 0 spiro atoms. The van der Waals surface area contributed by atoms with E-state index in [4.69, 9.17) is 0 Å². The third kappa shape index (κ3) is 5.28. The van der Waals surface area contributed by atoms with Gasteiger partial charge < -0.3 is 5.32 Å². The average Bonchev–Trinajstić information content (AvgIpc) is 3.41. The summed E-state index contributed by atoms with van der Waals surface area (Å²) >= 11 is 3.36. The molecular formula is C25H25N3OS2. The predicted molar refractivity (Wildman–Crippen MR) is 131 cm³/mol. The summed E-state index contributed by atoms with van der Waals surface area (Å²) < 4.78 is 0. The van der Waals surface area contributed by atoms with E-state index in [-0.39, 0.29) is 5.91 Å². The van der Waals surface area contributed by atoms with Crippen LogP contribution in [0.2, 0.25) is 0 Å². The maximum Gasteiger partial charge on any atom is 0.246 e. The molecule has 4 rings (SSSR count). The van der Waals surface area contributed by atoms with E-state index in [9.17, 15) is 4.79 Å². The van der Waals surface area contributed by atoms with Crippen LogP contribution in [0.1, 0.15) is 32.6 Å². The summed E-state index contributed by atoms with van der Waals surface area (Å²) in [6.45, 7) is 6.66. The maximum absolute atomic E-state index is 13.2. The van der Waals surface area contributed by atoms with Gasteiger partial charge in [0.25, 0.3) is 0 Å². The van der Waals surface area contributed by atoms with Crippen molar-refractivity contribution in [3.63, 3.8) is 0 Å². The van der Waals surface area contributed by atoms with Crippen molar-refractivity contribution >= 4 is 34.3 Å². The van der Waals surface area contributed by atoms with Crippen molar-refractivity contribution in [1.82, 2.24) is 10.3 Å². The number of rotatable bonds is 7. The molecule has 0 aliphatic heterocycles. The lowest BCUT2D eigenvalue weighted by Gasteiger charge is -2.19. The molecule has 2 heterocycles. The molecular weight excluding hydrogens is 422 g/mol. The lowest BCUT2D eigenvalue weighted by molar-refractivity contribution is -0.118. The van der Waals surface area contributed by atoms with Crippen LogP contribution in [0, 0.1) is 20.8 Å². The van der Waals surface area contributed by atoms with E-state index >= 15 is 0 Å². The number of nitrogens with zero attached hydrogens (tertiary/aromatic N) is 1. The number of thiazole rings is 1. The van der Waals surface area contributed by atoms with Crippen molar-refractivity contribution in [2.24, 2.45) is 0 Å². The lowest BCUT2D eigenvalue weighted by atomic mass is 10.1. The normalized spacial score (nSPS) is 12.0. The van der Waals surface area contributed by atoms with Crippen LogP contribution in [-0.2, 0) is 11.3 Å². The van der Waals surface area contributed by atoms with Crippen LogP contribution in [0.25, 0.3) is 10.6 Å². The van der Waals surface area contributed by atoms with E-state index in [2.05, 4.69) is 39.2 Å². The highest BCUT2D eigenvalue weighted by Gasteiger charge is 2.21. The van der Waals surface area contributed by atoms with Crippen LogP contribution in [0.15, 0.2) is 66.0 Å². The largest absolute Gasteiger partial charge is 0.324 e. The summed E-state index contributed by atoms with van der Waals surface area (Å²) in [6, 6.07) is 19.7. The first-order chi connectivity index (χ1) is 15.0. The monoisotopic (exact) mass is 447 g/mol. The van der Waals surface area contributed by atoms with Crippen molar-refractivity contribution in [2.75, 3.05) is 5.32 Å². The lowest BCUT2D eigenvalue weighted by Crippen LogP contribution is -2.32. The van der Waals surface area contributed by atoms with Crippen LogP contribution in [0.3, 0.4) is 0 Å². The number of nitrogens with one attached hydrogen (secondary N) is 2. The van der Waals surface area contributed by atoms with Crippen LogP contribution in [-0.4, -0.2) is 10.9 Å². The summed E-state index contributed by atoms with van der Waals surface area (Å²) in [5.74, 6) is -0.0631. The van der Waals surface area contributed by atoms with Gasteiger partial charge in [0.05, 0.1) is 15.6 Å². The second-order valence-electron chi connectivity index (χ2n) is 7.55. The fourth-order valence-electron chi connectivity index (χ4n) is 3.37. The van der Waals surface area contributed by atoms with E-state index in [1.807, 2.05) is 63.2 Å². The second-order valence-corrected chi connectivity index (χ2v) is 9.78. The van der Waals surface area contributed by atoms with E-state index in [0.717, 1.165) is 38.0 Å². The molecule has 0 unspecified atom stereocenters. The highest BCUT2D eigenvalue weighted by molar-refractivity contribution is 7.16. The molecule has 4 aromatic rings. The molecule has 6 heteroatoms. The van der Waals surface area contributed by atoms with Gasteiger partial charge in [-0.2, -0.15) is 0 Å². The standard InChI is InChI=1S/C25H25N3OS2/c1-16-9-10-17(2)21(13-16)28-25(29)24(19-7-5-4-6-8-19)26-14-20-11-12-23(31-20)22-15-30-18(3)27-22/h4-13,15,24,26H,14H2,1-3H3,(H,28,29)/t24-/m0/s1. The second kappa shape index (κ2) is 9.56. The topological polar surface area (TPSA) is 54.0 Å². The molecule has 0 radical (unpaired) electrons. The molecule has 1 atom stereocenters. The molecule has 1 amide bonds. The summed E-state index contributed by atoms with van der Waals surface area (Å²) in [4.78, 5) is 20.1. The Balaban J connectivity index is 1.51. The minimum atomic E-state index is -0.451. The zero-order valence-corrected chi connectivity index (χ0v) is 19.4. The fraction of sp³-hybridized carbons (Fsp3) is 0.200. The van der Waals surface area contributed by atoms with Crippen molar-refractivity contribution < 1.29 is 4.79 Å². The summed E-state index contributed by atoms with van der Waals surface area (Å²) in [5.41, 5.74) is 4.98. The maximum atomic E-state index is 13.2. The third-order valence-electron chi connectivity index (χ3n) is 5.06. The van der Waals surface area contributed by atoms with E-state index in [1.165, 1.54) is 4.88 Å². The average molecular weight is 448 g/mol. The molecule has 4 nitrogen and oxygen atoms in total. The predicted octanol–water partition coefficient (Wildman–Crippen LogP) is 6.27. The van der Waals surface area contributed by atoms with Gasteiger partial charge in [-0.1, -0.05) is 42.5 Å². The number of carbonyl (C=O) groups is 1. The Kier molecular flexibility index (Phi) is 6.61. The Labute approximate surface area is 191 Å². The highest BCUT2D eigenvalue weighted by Crippen LogP contribution is 2.29. The first-order valence-corrected chi connectivity index (χ1v) is 11.9. The van der Waals surface area contributed by atoms with Crippen LogP contribution in [0.5, 0.6) is 0 Å². The molecule has 0 saturated heterocycles. The van der Waals surface area contributed by atoms with Crippen molar-refractivity contribution in [3.05, 3.63) is 92.6 Å². The molecule has 0 bridgehead atoms. The zero-order chi connectivity index (χ0) is 21.8. The Bertz CT molecular complexity index is 1180. The highest BCUT2D eigenvalue weighted by atomic mass is 32.1. The third-order valence-corrected chi connectivity index (χ3v) is 6.94. The van der Waals surface area contributed by atoms with E-state index in [0.29, 0.717) is 6.54 Å². The number of hydrogen-bond donors (Lipinski definition) is 2. The van der Waals surface area contributed by atoms with Crippen LogP contribution in [0.4, 0.5) is 5.69 Å². The first kappa shape index (κ1) is 21.4. The van der Waals surface area contributed by atoms with Gasteiger partial charge in [-0.25, -0.2) is 4.98 Å². The van der Waals surface area contributed by atoms with Gasteiger partial charge in [0.2, 0.25) is 5.91 Å². The Morgan fingerprint density at radius 2 is 1.84 bits per heavy atom. The molecule has 0 aliphatic rings. The van der Waals surface area contributed by atoms with Gasteiger partial charge in [-0.05, 0) is 55.7 Å². The van der Waals surface area contributed by atoms with Crippen LogP contribution < -0.4 is 10.6 Å². The van der Waals surface area contributed by atoms with Gasteiger partial charge in [-0.15, -0.1) is 22.7 Å². The summed E-state index contributed by atoms with van der Waals surface area (Å²) in [7, 11) is 0. The Morgan fingerprint density at radius 1 is 1.03 bits per heavy atom. The van der Waals surface area contributed by atoms with Gasteiger partial charge in [-0.3, -0.25) is 10.1 Å². The van der Waals surface area contributed by atoms with E-state index < -0.39 is 6.04 Å². The molecule has 2 aromatic heterocycles. The molecule has 0 saturated carbocycles. The smallest absolute Gasteiger partial charge is 0.246 e. The van der Waals surface area contributed by atoms with Crippen molar-refractivity contribution in [3.8, 4) is 10.6 Å². The zero-order valence-electron chi connectivity index (χ0n) is 17.8. The Morgan fingerprint density at radius 3 is 2.58 bits per heavy atom. The van der Waals surface area contributed by atoms with Crippen molar-refractivity contribution in [2.45, 2.75) is 33.4 Å². The first-order valence-electron chi connectivity index (χ1n) is 10.2. The number of hydrogen-bond acceptors (Lipinski definition) is 5. The number of carbonyl (C=O) groups excluding carboxylic acids is 1. The number of anilines is 1. The number of aryl methyl sites for hydroxylation is 3. The SMILES string of the molecule is Cc1ccc(C)c(NC(=O)[C@@H](NCc2ccc(-c3csc(C)n3)s2)c2ccccc2)c1. The van der Waals surface area contributed by atoms with Crippen molar-refractivity contribution in [1.29, 1.82) is 0 Å². The molecule has 2 aromatic carbocycles. The van der Waals surface area contributed by atoms with Gasteiger partial charge in [0.15, 0.2) is 0 Å². The van der Waals surface area contributed by atoms with Crippen LogP contribution >= 0.6 is 22.7 Å². The van der Waals surface area contributed by atoms with E-state index in [1.54, 1.807) is 22.7 Å². The Hall–Kier alpha value is -2.80. The minimum Gasteiger partial charge on any atom is -0.324 e. The number of aromatic nitrogens is 1. The molecule has 158 valence electrons. The number of amides is 1. The quantitative estimate of drug-likeness (QED) is 0.351. The fourth-order valence-corrected chi connectivity index (χ4v) is 4.98. The molecule has 0 fully saturated rings. The van der Waals surface area contributed by atoms with Gasteiger partial charge in [0.1, 0.15) is 6.04 Å². The number of benzene rings is 2. The number of thiophene rings is 1. The molecule has 2 N–H and O–H groups in total. The summed E-state index contributed by atoms with van der Waals surface area (Å²) in [6.07, 6.45) is 0. The summed E-state index contributed by atoms with van der Waals surface area (Å²) in [5, 5.41) is 9.72. The molecule has 31 heavy (non-hydrogen) atoms.